The van der Waals surface area contributed by atoms with Crippen molar-refractivity contribution in [2.24, 2.45) is 11.0 Å². The number of benzene rings is 1. The van der Waals surface area contributed by atoms with Gasteiger partial charge in [-0.15, -0.1) is 0 Å². The van der Waals surface area contributed by atoms with Gasteiger partial charge in [-0.3, -0.25) is 25.7 Å². The van der Waals surface area contributed by atoms with Gasteiger partial charge >= 0.3 is 6.03 Å². The Morgan fingerprint density at radius 2 is 2.19 bits per heavy atom. The molecule has 1 heterocycles. The Morgan fingerprint density at radius 3 is 2.81 bits per heavy atom. The molecule has 0 unspecified atom stereocenters. The summed E-state index contributed by atoms with van der Waals surface area (Å²) < 4.78 is 0. The van der Waals surface area contributed by atoms with Crippen molar-refractivity contribution in [3.8, 4) is 0 Å². The van der Waals surface area contributed by atoms with Gasteiger partial charge in [-0.05, 0) is 37.0 Å². The van der Waals surface area contributed by atoms with Crippen LogP contribution in [0.1, 0.15) is 12.8 Å². The van der Waals surface area contributed by atoms with Crippen LogP contribution in [-0.4, -0.2) is 41.9 Å². The number of rotatable bonds is 7. The standard InChI is InChI=1S/C16H17ClN6O3/c17-10-2-1-3-11(6-10)23-20-7-12(18)13(24)19-8-16(9-4-5-9)14(25)21-15(26)22-16/h1-3,6-7,9,18,23H,4-5,8H2,(H,19,24)(H2,21,22,25,26)/t16-/m0/s1. The van der Waals surface area contributed by atoms with Crippen LogP contribution in [0.3, 0.4) is 0 Å². The van der Waals surface area contributed by atoms with Crippen molar-refractivity contribution in [3.63, 3.8) is 0 Å². The summed E-state index contributed by atoms with van der Waals surface area (Å²) in [4.78, 5) is 35.6. The number of imide groups is 1. The first-order chi connectivity index (χ1) is 12.4. The molecule has 3 rings (SSSR count). The monoisotopic (exact) mass is 376 g/mol. The van der Waals surface area contributed by atoms with Gasteiger partial charge in [0.2, 0.25) is 0 Å². The van der Waals surface area contributed by atoms with Gasteiger partial charge in [-0.25, -0.2) is 4.79 Å². The summed E-state index contributed by atoms with van der Waals surface area (Å²) in [6.45, 7) is -0.0774. The Morgan fingerprint density at radius 1 is 1.42 bits per heavy atom. The topological polar surface area (TPSA) is 136 Å². The number of urea groups is 1. The smallest absolute Gasteiger partial charge is 0.322 e. The van der Waals surface area contributed by atoms with E-state index in [1.807, 2.05) is 0 Å². The van der Waals surface area contributed by atoms with E-state index in [9.17, 15) is 14.4 Å². The highest BCUT2D eigenvalue weighted by Gasteiger charge is 2.56. The van der Waals surface area contributed by atoms with E-state index in [0.717, 1.165) is 19.1 Å². The van der Waals surface area contributed by atoms with Crippen LogP contribution >= 0.6 is 11.6 Å². The lowest BCUT2D eigenvalue weighted by Crippen LogP contribution is -2.57. The van der Waals surface area contributed by atoms with Gasteiger partial charge in [0.15, 0.2) is 0 Å². The number of hydrogen-bond acceptors (Lipinski definition) is 6. The van der Waals surface area contributed by atoms with Crippen molar-refractivity contribution in [2.45, 2.75) is 18.4 Å². The number of anilines is 1. The van der Waals surface area contributed by atoms with Crippen molar-refractivity contribution in [3.05, 3.63) is 29.3 Å². The fraction of sp³-hybridized carbons (Fsp3) is 0.312. The summed E-state index contributed by atoms with van der Waals surface area (Å²) >= 11 is 5.85. The zero-order valence-corrected chi connectivity index (χ0v) is 14.4. The Balaban J connectivity index is 1.54. The van der Waals surface area contributed by atoms with Gasteiger partial charge in [0.05, 0.1) is 18.4 Å². The van der Waals surface area contributed by atoms with Gasteiger partial charge < -0.3 is 10.6 Å². The predicted octanol–water partition coefficient (Wildman–Crippen LogP) is 0.862. The second-order valence-electron chi connectivity index (χ2n) is 6.13. The van der Waals surface area contributed by atoms with Gasteiger partial charge in [-0.2, -0.15) is 5.10 Å². The van der Waals surface area contributed by atoms with Crippen LogP contribution in [0.5, 0.6) is 0 Å². The van der Waals surface area contributed by atoms with Crippen LogP contribution < -0.4 is 21.4 Å². The van der Waals surface area contributed by atoms with Crippen molar-refractivity contribution in [2.75, 3.05) is 12.0 Å². The Kier molecular flexibility index (Phi) is 4.90. The number of carbonyl (C=O) groups excluding carboxylic acids is 3. The van der Waals surface area contributed by atoms with Crippen molar-refractivity contribution < 1.29 is 14.4 Å². The predicted molar refractivity (Wildman–Crippen MR) is 96.4 cm³/mol. The van der Waals surface area contributed by atoms with Gasteiger partial charge in [0.25, 0.3) is 11.8 Å². The molecule has 1 aromatic carbocycles. The van der Waals surface area contributed by atoms with Crippen LogP contribution in [0.4, 0.5) is 10.5 Å². The molecule has 0 aromatic heterocycles. The zero-order valence-electron chi connectivity index (χ0n) is 13.6. The van der Waals surface area contributed by atoms with E-state index >= 15 is 0 Å². The molecule has 0 radical (unpaired) electrons. The minimum Gasteiger partial charge on any atom is -0.348 e. The minimum absolute atomic E-state index is 0.0124. The molecule has 1 aliphatic heterocycles. The normalized spacial score (nSPS) is 22.0. The Labute approximate surface area is 154 Å². The Bertz CT molecular complexity index is 807. The van der Waals surface area contributed by atoms with E-state index in [4.69, 9.17) is 17.0 Å². The molecule has 1 aliphatic carbocycles. The number of carbonyl (C=O) groups is 3. The summed E-state index contributed by atoms with van der Waals surface area (Å²) in [7, 11) is 0. The summed E-state index contributed by atoms with van der Waals surface area (Å²) in [6.07, 6.45) is 2.64. The van der Waals surface area contributed by atoms with Crippen molar-refractivity contribution in [1.82, 2.24) is 16.0 Å². The van der Waals surface area contributed by atoms with Gasteiger partial charge in [-0.1, -0.05) is 17.7 Å². The maximum absolute atomic E-state index is 12.1. The molecule has 0 bridgehead atoms. The van der Waals surface area contributed by atoms with Crippen molar-refractivity contribution >= 4 is 47.1 Å². The fourth-order valence-corrected chi connectivity index (χ4v) is 2.93. The second-order valence-corrected chi connectivity index (χ2v) is 6.57. The molecule has 5 N–H and O–H groups in total. The van der Waals surface area contributed by atoms with E-state index in [1.54, 1.807) is 24.3 Å². The third-order valence-corrected chi connectivity index (χ3v) is 4.46. The molecule has 1 atom stereocenters. The fourth-order valence-electron chi connectivity index (χ4n) is 2.74. The maximum Gasteiger partial charge on any atom is 0.322 e. The average molecular weight is 377 g/mol. The molecule has 1 aromatic rings. The highest BCUT2D eigenvalue weighted by Crippen LogP contribution is 2.40. The van der Waals surface area contributed by atoms with Crippen LogP contribution in [0.2, 0.25) is 5.02 Å². The molecule has 2 fully saturated rings. The van der Waals surface area contributed by atoms with Crippen LogP contribution in [-0.2, 0) is 9.59 Å². The van der Waals surface area contributed by atoms with Crippen molar-refractivity contribution in [1.29, 1.82) is 5.41 Å². The minimum atomic E-state index is -1.14. The third kappa shape index (κ3) is 3.83. The molecule has 2 aliphatic rings. The molecular formula is C16H17ClN6O3. The molecule has 1 saturated carbocycles. The van der Waals surface area contributed by atoms with E-state index < -0.39 is 29.1 Å². The summed E-state index contributed by atoms with van der Waals surface area (Å²) in [5, 5.41) is 19.4. The lowest BCUT2D eigenvalue weighted by molar-refractivity contribution is -0.125. The van der Waals surface area contributed by atoms with E-state index in [-0.39, 0.29) is 12.5 Å². The molecule has 10 heteroatoms. The molecule has 0 spiro atoms. The van der Waals surface area contributed by atoms with Gasteiger partial charge in [0.1, 0.15) is 11.3 Å². The molecular weight excluding hydrogens is 360 g/mol. The average Bonchev–Trinajstić information content (AvgIpc) is 3.39. The lowest BCUT2D eigenvalue weighted by atomic mass is 9.93. The van der Waals surface area contributed by atoms with Gasteiger partial charge in [0, 0.05) is 5.02 Å². The number of amides is 4. The first-order valence-electron chi connectivity index (χ1n) is 7.96. The molecule has 136 valence electrons. The molecule has 9 nitrogen and oxygen atoms in total. The van der Waals surface area contributed by atoms with Crippen LogP contribution in [0.15, 0.2) is 29.4 Å². The lowest BCUT2D eigenvalue weighted by Gasteiger charge is -2.25. The largest absolute Gasteiger partial charge is 0.348 e. The van der Waals surface area contributed by atoms with Crippen LogP contribution in [0.25, 0.3) is 0 Å². The number of hydrazone groups is 1. The highest BCUT2D eigenvalue weighted by atomic mass is 35.5. The number of nitrogens with one attached hydrogen (secondary N) is 5. The van der Waals surface area contributed by atoms with Crippen LogP contribution in [0, 0.1) is 11.3 Å². The Hall–Kier alpha value is -2.94. The second kappa shape index (κ2) is 7.12. The van der Waals surface area contributed by atoms with E-state index in [0.29, 0.717) is 10.7 Å². The number of halogens is 1. The van der Waals surface area contributed by atoms with E-state index in [2.05, 4.69) is 26.5 Å². The summed E-state index contributed by atoms with van der Waals surface area (Å²) in [5.41, 5.74) is 1.74. The quantitative estimate of drug-likeness (QED) is 0.274. The number of hydrogen-bond donors (Lipinski definition) is 5. The summed E-state index contributed by atoms with van der Waals surface area (Å²) in [6, 6.07) is 6.24. The molecule has 1 saturated heterocycles. The first-order valence-corrected chi connectivity index (χ1v) is 8.33. The zero-order chi connectivity index (χ0) is 18.7. The molecule has 4 amide bonds. The SMILES string of the molecule is N=C(C=NNc1cccc(Cl)c1)C(=O)NC[C@@]1(C2CC2)NC(=O)NC1=O. The summed E-state index contributed by atoms with van der Waals surface area (Å²) in [5.74, 6) is -1.16. The highest BCUT2D eigenvalue weighted by molar-refractivity contribution is 6.59. The maximum atomic E-state index is 12.1. The van der Waals surface area contributed by atoms with E-state index in [1.165, 1.54) is 0 Å². The first kappa shape index (κ1) is 17.9. The third-order valence-electron chi connectivity index (χ3n) is 4.23. The number of nitrogens with zero attached hydrogens (tertiary/aromatic N) is 1. The molecule has 26 heavy (non-hydrogen) atoms.